The number of carbonyl (C=O) groups is 1. The molecule has 2 aliphatic heterocycles. The molecule has 3 heterocycles. The molecule has 1 unspecified atom stereocenters. The van der Waals surface area contributed by atoms with Crippen LogP contribution < -0.4 is 5.32 Å². The number of hydrogen-bond acceptors (Lipinski definition) is 5. The van der Waals surface area contributed by atoms with Crippen molar-refractivity contribution in [2.45, 2.75) is 12.5 Å². The monoisotopic (exact) mass is 360 g/mol. The maximum Gasteiger partial charge on any atom is 0.276 e. The summed E-state index contributed by atoms with van der Waals surface area (Å²) in [6.45, 7) is 5.67. The summed E-state index contributed by atoms with van der Waals surface area (Å²) in [7, 11) is 0. The molecule has 0 radical (unpaired) electrons. The van der Waals surface area contributed by atoms with E-state index in [1.54, 1.807) is 12.1 Å². The zero-order valence-electron chi connectivity index (χ0n) is 13.9. The second kappa shape index (κ2) is 7.15. The van der Waals surface area contributed by atoms with Crippen LogP contribution in [0.4, 0.5) is 0 Å². The molecule has 132 valence electrons. The van der Waals surface area contributed by atoms with Crippen LogP contribution in [-0.4, -0.2) is 66.2 Å². The van der Waals surface area contributed by atoms with Gasteiger partial charge in [-0.25, -0.2) is 0 Å². The first-order chi connectivity index (χ1) is 12.2. The third-order valence-electron chi connectivity index (χ3n) is 4.99. The van der Waals surface area contributed by atoms with Gasteiger partial charge in [-0.05, 0) is 18.6 Å². The summed E-state index contributed by atoms with van der Waals surface area (Å²) in [5.74, 6) is 0.450. The van der Waals surface area contributed by atoms with Gasteiger partial charge in [0.15, 0.2) is 11.5 Å². The van der Waals surface area contributed by atoms with Gasteiger partial charge in [-0.2, -0.15) is 0 Å². The Bertz CT molecular complexity index is 757. The van der Waals surface area contributed by atoms with Crippen molar-refractivity contribution >= 4 is 17.5 Å². The third-order valence-corrected chi connectivity index (χ3v) is 5.32. The van der Waals surface area contributed by atoms with Crippen molar-refractivity contribution < 1.29 is 9.32 Å². The smallest absolute Gasteiger partial charge is 0.276 e. The van der Waals surface area contributed by atoms with Crippen molar-refractivity contribution in [3.8, 4) is 11.3 Å². The molecule has 1 aromatic heterocycles. The molecule has 0 bridgehead atoms. The fourth-order valence-electron chi connectivity index (χ4n) is 3.60. The highest BCUT2D eigenvalue weighted by molar-refractivity contribution is 6.33. The first-order valence-electron chi connectivity index (χ1n) is 8.68. The van der Waals surface area contributed by atoms with Gasteiger partial charge >= 0.3 is 0 Å². The number of carbonyl (C=O) groups excluding carboxylic acids is 1. The summed E-state index contributed by atoms with van der Waals surface area (Å²) in [6.07, 6.45) is 1.01. The summed E-state index contributed by atoms with van der Waals surface area (Å²) in [6, 6.07) is 9.51. The Balaban J connectivity index is 1.44. The molecule has 2 fully saturated rings. The maximum absolute atomic E-state index is 12.7. The average molecular weight is 361 g/mol. The second-order valence-corrected chi connectivity index (χ2v) is 6.94. The molecule has 7 heteroatoms. The average Bonchev–Trinajstić information content (AvgIpc) is 3.32. The van der Waals surface area contributed by atoms with Crippen LogP contribution in [0.5, 0.6) is 0 Å². The molecule has 2 aliphatic rings. The molecule has 25 heavy (non-hydrogen) atoms. The molecular formula is C18H21ClN4O2. The van der Waals surface area contributed by atoms with Crippen LogP contribution in [0, 0.1) is 0 Å². The summed E-state index contributed by atoms with van der Waals surface area (Å²) < 4.78 is 5.35. The van der Waals surface area contributed by atoms with Crippen molar-refractivity contribution in [2.24, 2.45) is 0 Å². The normalized spacial score (nSPS) is 21.6. The van der Waals surface area contributed by atoms with E-state index in [2.05, 4.69) is 15.4 Å². The predicted molar refractivity (Wildman–Crippen MR) is 95.7 cm³/mol. The lowest BCUT2D eigenvalue weighted by Crippen LogP contribution is -2.49. The molecule has 1 amide bonds. The quantitative estimate of drug-likeness (QED) is 0.908. The van der Waals surface area contributed by atoms with E-state index in [4.69, 9.17) is 16.1 Å². The van der Waals surface area contributed by atoms with E-state index in [0.717, 1.165) is 51.3 Å². The van der Waals surface area contributed by atoms with Crippen LogP contribution >= 0.6 is 11.6 Å². The first kappa shape index (κ1) is 16.6. The number of hydrogen-bond donors (Lipinski definition) is 1. The largest absolute Gasteiger partial charge is 0.355 e. The lowest BCUT2D eigenvalue weighted by Gasteiger charge is -2.32. The molecule has 4 rings (SSSR count). The fourth-order valence-corrected chi connectivity index (χ4v) is 3.83. The van der Waals surface area contributed by atoms with Gasteiger partial charge < -0.3 is 14.7 Å². The molecule has 0 spiro atoms. The van der Waals surface area contributed by atoms with Crippen LogP contribution in [-0.2, 0) is 0 Å². The first-order valence-corrected chi connectivity index (χ1v) is 9.06. The van der Waals surface area contributed by atoms with Crippen molar-refractivity contribution in [3.05, 3.63) is 41.0 Å². The third kappa shape index (κ3) is 3.42. The van der Waals surface area contributed by atoms with E-state index < -0.39 is 0 Å². The summed E-state index contributed by atoms with van der Waals surface area (Å²) in [5.41, 5.74) is 1.09. The van der Waals surface area contributed by atoms with Gasteiger partial charge in [0.05, 0.1) is 5.02 Å². The molecule has 2 aromatic rings. The number of nitrogens with zero attached hydrogens (tertiary/aromatic N) is 3. The number of amides is 1. The van der Waals surface area contributed by atoms with E-state index in [0.29, 0.717) is 22.5 Å². The Morgan fingerprint density at radius 3 is 2.84 bits per heavy atom. The predicted octanol–water partition coefficient (Wildman–Crippen LogP) is 2.11. The molecule has 6 nitrogen and oxygen atoms in total. The number of likely N-dealkylation sites (tertiary alicyclic amines) is 1. The van der Waals surface area contributed by atoms with Crippen LogP contribution in [0.2, 0.25) is 5.02 Å². The van der Waals surface area contributed by atoms with Gasteiger partial charge in [0, 0.05) is 56.9 Å². The highest BCUT2D eigenvalue weighted by atomic mass is 35.5. The van der Waals surface area contributed by atoms with E-state index in [1.807, 2.05) is 23.1 Å². The van der Waals surface area contributed by atoms with Gasteiger partial charge in [0.2, 0.25) is 0 Å². The highest BCUT2D eigenvalue weighted by Crippen LogP contribution is 2.28. The number of halogens is 1. The van der Waals surface area contributed by atoms with E-state index >= 15 is 0 Å². The summed E-state index contributed by atoms with van der Waals surface area (Å²) in [5, 5.41) is 7.91. The van der Waals surface area contributed by atoms with Crippen LogP contribution in [0.3, 0.4) is 0 Å². The van der Waals surface area contributed by atoms with E-state index in [1.165, 1.54) is 0 Å². The Morgan fingerprint density at radius 1 is 1.24 bits per heavy atom. The zero-order chi connectivity index (χ0) is 17.2. The Kier molecular flexibility index (Phi) is 4.74. The van der Waals surface area contributed by atoms with E-state index in [9.17, 15) is 4.79 Å². The molecular weight excluding hydrogens is 340 g/mol. The van der Waals surface area contributed by atoms with Crippen molar-refractivity contribution in [2.75, 3.05) is 39.3 Å². The molecule has 1 N–H and O–H groups in total. The lowest BCUT2D eigenvalue weighted by molar-refractivity contribution is 0.0763. The number of benzene rings is 1. The lowest BCUT2D eigenvalue weighted by atomic mass is 10.1. The van der Waals surface area contributed by atoms with Gasteiger partial charge in [0.25, 0.3) is 5.91 Å². The topological polar surface area (TPSA) is 61.6 Å². The molecule has 2 saturated heterocycles. The van der Waals surface area contributed by atoms with Crippen LogP contribution in [0.25, 0.3) is 11.3 Å². The fraction of sp³-hybridized carbons (Fsp3) is 0.444. The van der Waals surface area contributed by atoms with E-state index in [-0.39, 0.29) is 5.91 Å². The second-order valence-electron chi connectivity index (χ2n) is 6.54. The number of aromatic nitrogens is 1. The molecule has 1 atom stereocenters. The highest BCUT2D eigenvalue weighted by Gasteiger charge is 2.32. The van der Waals surface area contributed by atoms with Crippen molar-refractivity contribution in [1.29, 1.82) is 0 Å². The Morgan fingerprint density at radius 2 is 2.04 bits per heavy atom. The molecule has 0 saturated carbocycles. The number of nitrogens with one attached hydrogen (secondary N) is 1. The zero-order valence-corrected chi connectivity index (χ0v) is 14.7. The van der Waals surface area contributed by atoms with Crippen molar-refractivity contribution in [3.63, 3.8) is 0 Å². The Labute approximate surface area is 151 Å². The van der Waals surface area contributed by atoms with Gasteiger partial charge in [-0.15, -0.1) is 0 Å². The minimum Gasteiger partial charge on any atom is -0.355 e. The number of rotatable bonds is 3. The maximum atomic E-state index is 12.7. The molecule has 1 aromatic carbocycles. The van der Waals surface area contributed by atoms with Gasteiger partial charge in [-0.1, -0.05) is 28.9 Å². The van der Waals surface area contributed by atoms with Gasteiger partial charge in [-0.3, -0.25) is 9.69 Å². The minimum atomic E-state index is -0.0697. The minimum absolute atomic E-state index is 0.0697. The summed E-state index contributed by atoms with van der Waals surface area (Å²) >= 11 is 6.19. The van der Waals surface area contributed by atoms with Gasteiger partial charge in [0.1, 0.15) is 0 Å². The SMILES string of the molecule is O=C(c1cc(-c2ccccc2Cl)on1)N1CCC(N2CCNCC2)C1. The molecule has 0 aliphatic carbocycles. The summed E-state index contributed by atoms with van der Waals surface area (Å²) in [4.78, 5) is 17.1. The van der Waals surface area contributed by atoms with Crippen LogP contribution in [0.1, 0.15) is 16.9 Å². The van der Waals surface area contributed by atoms with Crippen molar-refractivity contribution in [1.82, 2.24) is 20.3 Å². The Hall–Kier alpha value is -1.89. The standard InChI is InChI=1S/C18H21ClN4O2/c19-15-4-2-1-3-14(15)17-11-16(21-25-17)18(24)23-8-5-13(12-23)22-9-6-20-7-10-22/h1-4,11,13,20H,5-10,12H2. The van der Waals surface area contributed by atoms with Crippen LogP contribution in [0.15, 0.2) is 34.9 Å². The number of piperazine rings is 1.